The van der Waals surface area contributed by atoms with Gasteiger partial charge >= 0.3 is 5.97 Å². The molecule has 78 valence electrons. The van der Waals surface area contributed by atoms with Crippen molar-refractivity contribution in [2.24, 2.45) is 0 Å². The summed E-state index contributed by atoms with van der Waals surface area (Å²) in [5, 5.41) is 8.99. The maximum Gasteiger partial charge on any atom is 0.323 e. The van der Waals surface area contributed by atoms with Crippen molar-refractivity contribution in [1.82, 2.24) is 4.90 Å². The third-order valence-electron chi connectivity index (χ3n) is 2.26. The molecular weight excluding hydrogens is 186 g/mol. The van der Waals surface area contributed by atoms with Crippen LogP contribution < -0.4 is 0 Å². The van der Waals surface area contributed by atoms with Gasteiger partial charge in [-0.25, -0.2) is 0 Å². The van der Waals surface area contributed by atoms with Crippen LogP contribution in [0.1, 0.15) is 20.8 Å². The average molecular weight is 205 g/mol. The van der Waals surface area contributed by atoms with Crippen LogP contribution in [0, 0.1) is 0 Å². The van der Waals surface area contributed by atoms with Gasteiger partial charge in [-0.15, -0.1) is 0 Å². The standard InChI is InChI=1S/C9H19NO2S/c1-5-10(6-7-13-4)9(2,3)8(11)12/h5-7H2,1-4H3,(H,11,12). The molecule has 0 aliphatic carbocycles. The zero-order chi connectivity index (χ0) is 10.5. The summed E-state index contributed by atoms with van der Waals surface area (Å²) in [6.07, 6.45) is 2.03. The molecule has 0 heterocycles. The van der Waals surface area contributed by atoms with Crippen molar-refractivity contribution >= 4 is 17.7 Å². The van der Waals surface area contributed by atoms with Crippen LogP contribution in [-0.2, 0) is 4.79 Å². The minimum atomic E-state index is -0.754. The first-order valence-corrected chi connectivity index (χ1v) is 5.83. The van der Waals surface area contributed by atoms with Gasteiger partial charge in [0.05, 0.1) is 0 Å². The first-order valence-electron chi connectivity index (χ1n) is 4.44. The van der Waals surface area contributed by atoms with Gasteiger partial charge in [-0.2, -0.15) is 11.8 Å². The maximum absolute atomic E-state index is 10.9. The Morgan fingerprint density at radius 3 is 2.38 bits per heavy atom. The Balaban J connectivity index is 4.28. The Bertz CT molecular complexity index is 171. The zero-order valence-corrected chi connectivity index (χ0v) is 9.65. The molecule has 0 fully saturated rings. The third kappa shape index (κ3) is 3.56. The van der Waals surface area contributed by atoms with Crippen molar-refractivity contribution in [1.29, 1.82) is 0 Å². The van der Waals surface area contributed by atoms with Crippen LogP contribution in [0.5, 0.6) is 0 Å². The van der Waals surface area contributed by atoms with Crippen molar-refractivity contribution in [3.63, 3.8) is 0 Å². The van der Waals surface area contributed by atoms with Crippen molar-refractivity contribution in [3.05, 3.63) is 0 Å². The molecule has 3 nitrogen and oxygen atoms in total. The summed E-state index contributed by atoms with van der Waals surface area (Å²) in [4.78, 5) is 12.9. The van der Waals surface area contributed by atoms with Gasteiger partial charge in [0.15, 0.2) is 0 Å². The molecule has 0 aromatic heterocycles. The molecule has 1 N–H and O–H groups in total. The maximum atomic E-state index is 10.9. The number of carboxylic acids is 1. The summed E-state index contributed by atoms with van der Waals surface area (Å²) in [7, 11) is 0. The molecule has 0 spiro atoms. The highest BCUT2D eigenvalue weighted by Gasteiger charge is 2.32. The molecule has 0 aliphatic heterocycles. The third-order valence-corrected chi connectivity index (χ3v) is 2.85. The van der Waals surface area contributed by atoms with Crippen molar-refractivity contribution in [2.75, 3.05) is 25.1 Å². The van der Waals surface area contributed by atoms with Crippen LogP contribution in [0.4, 0.5) is 0 Å². The lowest BCUT2D eigenvalue weighted by molar-refractivity contribution is -0.149. The first kappa shape index (κ1) is 12.8. The molecule has 0 unspecified atom stereocenters. The quantitative estimate of drug-likeness (QED) is 0.714. The van der Waals surface area contributed by atoms with Crippen LogP contribution in [0.3, 0.4) is 0 Å². The van der Waals surface area contributed by atoms with E-state index < -0.39 is 11.5 Å². The number of carbonyl (C=O) groups is 1. The predicted octanol–water partition coefficient (Wildman–Crippen LogP) is 1.53. The molecule has 0 aliphatic rings. The highest BCUT2D eigenvalue weighted by molar-refractivity contribution is 7.98. The minimum Gasteiger partial charge on any atom is -0.480 e. The van der Waals surface area contributed by atoms with Crippen LogP contribution >= 0.6 is 11.8 Å². The number of nitrogens with zero attached hydrogens (tertiary/aromatic N) is 1. The summed E-state index contributed by atoms with van der Waals surface area (Å²) in [6, 6.07) is 0. The van der Waals surface area contributed by atoms with Crippen LogP contribution in [0.15, 0.2) is 0 Å². The first-order chi connectivity index (χ1) is 5.96. The van der Waals surface area contributed by atoms with Crippen LogP contribution in [-0.4, -0.2) is 46.6 Å². The Kier molecular flexibility index (Phi) is 5.40. The largest absolute Gasteiger partial charge is 0.480 e. The fourth-order valence-corrected chi connectivity index (χ4v) is 1.57. The lowest BCUT2D eigenvalue weighted by Gasteiger charge is -2.33. The number of hydrogen-bond acceptors (Lipinski definition) is 3. The Morgan fingerprint density at radius 2 is 2.08 bits per heavy atom. The molecule has 0 radical (unpaired) electrons. The van der Waals surface area contributed by atoms with E-state index in [4.69, 9.17) is 5.11 Å². The normalized spacial score (nSPS) is 12.1. The van der Waals surface area contributed by atoms with E-state index in [1.807, 2.05) is 18.1 Å². The van der Waals surface area contributed by atoms with Crippen molar-refractivity contribution in [3.8, 4) is 0 Å². The van der Waals surface area contributed by atoms with Crippen LogP contribution in [0.25, 0.3) is 0 Å². The monoisotopic (exact) mass is 205 g/mol. The minimum absolute atomic E-state index is 0.746. The number of carboxylic acid groups (broad SMARTS) is 1. The van der Waals surface area contributed by atoms with Gasteiger partial charge in [0.2, 0.25) is 0 Å². The van der Waals surface area contributed by atoms with Gasteiger partial charge < -0.3 is 5.11 Å². The molecular formula is C9H19NO2S. The fraction of sp³-hybridized carbons (Fsp3) is 0.889. The summed E-state index contributed by atoms with van der Waals surface area (Å²) >= 11 is 1.74. The van der Waals surface area contributed by atoms with Crippen molar-refractivity contribution < 1.29 is 9.90 Å². The SMILES string of the molecule is CCN(CCSC)C(C)(C)C(=O)O. The summed E-state index contributed by atoms with van der Waals surface area (Å²) in [5.74, 6) is 0.223. The number of likely N-dealkylation sites (N-methyl/N-ethyl adjacent to an activating group) is 1. The number of hydrogen-bond donors (Lipinski definition) is 1. The second-order valence-electron chi connectivity index (χ2n) is 3.44. The molecule has 0 saturated carbocycles. The second kappa shape index (κ2) is 5.50. The van der Waals surface area contributed by atoms with E-state index in [-0.39, 0.29) is 0 Å². The molecule has 0 aromatic carbocycles. The van der Waals surface area contributed by atoms with Gasteiger partial charge in [-0.1, -0.05) is 6.92 Å². The Morgan fingerprint density at radius 1 is 1.54 bits per heavy atom. The van der Waals surface area contributed by atoms with Gasteiger partial charge in [-0.3, -0.25) is 9.69 Å². The topological polar surface area (TPSA) is 40.5 Å². The van der Waals surface area contributed by atoms with Crippen LogP contribution in [0.2, 0.25) is 0 Å². The lowest BCUT2D eigenvalue weighted by atomic mass is 10.0. The highest BCUT2D eigenvalue weighted by Crippen LogP contribution is 2.14. The van der Waals surface area contributed by atoms with E-state index in [0.29, 0.717) is 0 Å². The average Bonchev–Trinajstić information content (AvgIpc) is 2.05. The summed E-state index contributed by atoms with van der Waals surface area (Å²) in [5.41, 5.74) is -0.746. The molecule has 4 heteroatoms. The fourth-order valence-electron chi connectivity index (χ4n) is 1.17. The molecule has 0 amide bonds. The molecule has 0 saturated heterocycles. The summed E-state index contributed by atoms with van der Waals surface area (Å²) in [6.45, 7) is 7.10. The smallest absolute Gasteiger partial charge is 0.323 e. The molecule has 0 atom stereocenters. The molecule has 0 bridgehead atoms. The van der Waals surface area contributed by atoms with Gasteiger partial charge in [0.1, 0.15) is 5.54 Å². The van der Waals surface area contributed by atoms with E-state index in [9.17, 15) is 4.79 Å². The lowest BCUT2D eigenvalue weighted by Crippen LogP contribution is -2.50. The zero-order valence-electron chi connectivity index (χ0n) is 8.83. The van der Waals surface area contributed by atoms with E-state index >= 15 is 0 Å². The molecule has 13 heavy (non-hydrogen) atoms. The Hall–Kier alpha value is -0.220. The second-order valence-corrected chi connectivity index (χ2v) is 4.42. The molecule has 0 rings (SSSR count). The number of aliphatic carboxylic acids is 1. The van der Waals surface area contributed by atoms with Crippen molar-refractivity contribution in [2.45, 2.75) is 26.3 Å². The number of rotatable bonds is 6. The van der Waals surface area contributed by atoms with Gasteiger partial charge in [0.25, 0.3) is 0 Å². The van der Waals surface area contributed by atoms with E-state index in [0.717, 1.165) is 18.8 Å². The summed E-state index contributed by atoms with van der Waals surface area (Å²) < 4.78 is 0. The number of thioether (sulfide) groups is 1. The Labute approximate surface area is 84.5 Å². The van der Waals surface area contributed by atoms with E-state index in [2.05, 4.69) is 0 Å². The predicted molar refractivity (Wildman–Crippen MR) is 57.3 cm³/mol. The van der Waals surface area contributed by atoms with Gasteiger partial charge in [-0.05, 0) is 26.6 Å². The van der Waals surface area contributed by atoms with E-state index in [1.54, 1.807) is 25.6 Å². The highest BCUT2D eigenvalue weighted by atomic mass is 32.2. The van der Waals surface area contributed by atoms with Gasteiger partial charge in [0, 0.05) is 12.3 Å². The molecule has 0 aromatic rings. The van der Waals surface area contributed by atoms with E-state index in [1.165, 1.54) is 0 Å².